The molecule has 1 aromatic carbocycles. The van der Waals surface area contributed by atoms with Gasteiger partial charge in [0, 0.05) is 9.85 Å². The number of hydrogen-bond acceptors (Lipinski definition) is 6. The van der Waals surface area contributed by atoms with Crippen LogP contribution in [0.5, 0.6) is 0 Å². The predicted octanol–water partition coefficient (Wildman–Crippen LogP) is 1.70. The van der Waals surface area contributed by atoms with Crippen molar-refractivity contribution in [1.29, 1.82) is 0 Å². The van der Waals surface area contributed by atoms with Crippen molar-refractivity contribution in [3.8, 4) is 0 Å². The van der Waals surface area contributed by atoms with Crippen LogP contribution < -0.4 is 0 Å². The Bertz CT molecular complexity index is 726. The molecule has 134 valence electrons. The second-order valence-corrected chi connectivity index (χ2v) is 8.30. The van der Waals surface area contributed by atoms with Gasteiger partial charge in [-0.1, -0.05) is 29.8 Å². The molecule has 0 atom stereocenters. The second kappa shape index (κ2) is 4.76. The predicted molar refractivity (Wildman–Crippen MR) is 90.3 cm³/mol. The first kappa shape index (κ1) is 16.4. The molecule has 8 heteroatoms. The molecule has 0 radical (unpaired) electrons. The van der Waals surface area contributed by atoms with Gasteiger partial charge in [-0.05, 0) is 26.3 Å². The summed E-state index contributed by atoms with van der Waals surface area (Å²) in [7, 11) is 0. The Morgan fingerprint density at radius 1 is 1.00 bits per heavy atom. The molecule has 0 unspecified atom stereocenters. The Hall–Kier alpha value is -2.06. The van der Waals surface area contributed by atoms with Gasteiger partial charge in [-0.25, -0.2) is 0 Å². The number of aryl methyl sites for hydroxylation is 1. The third kappa shape index (κ3) is 1.78. The first-order valence-electron chi connectivity index (χ1n) is 8.48. The van der Waals surface area contributed by atoms with Gasteiger partial charge in [-0.2, -0.15) is 0 Å². The topological polar surface area (TPSA) is 92.8 Å². The van der Waals surface area contributed by atoms with Gasteiger partial charge >= 0.3 is 0 Å². The Morgan fingerprint density at radius 3 is 1.88 bits per heavy atom. The molecule has 0 N–H and O–H groups in total. The van der Waals surface area contributed by atoms with E-state index in [0.717, 1.165) is 11.1 Å². The summed E-state index contributed by atoms with van der Waals surface area (Å²) in [4.78, 5) is 27.5. The minimum absolute atomic E-state index is 0.128. The smallest absolute Gasteiger partial charge is 0.259 e. The van der Waals surface area contributed by atoms with Crippen LogP contribution in [0, 0.1) is 32.6 Å². The summed E-state index contributed by atoms with van der Waals surface area (Å²) in [6.07, 6.45) is -0.128. The number of nitrogens with zero attached hydrogens (tertiary/aromatic N) is 4. The van der Waals surface area contributed by atoms with Crippen LogP contribution in [0.15, 0.2) is 24.3 Å². The Morgan fingerprint density at radius 2 is 1.48 bits per heavy atom. The first-order chi connectivity index (χ1) is 11.6. The molecule has 0 amide bonds. The third-order valence-corrected chi connectivity index (χ3v) is 6.92. The average molecular weight is 346 g/mol. The van der Waals surface area contributed by atoms with Gasteiger partial charge in [0.15, 0.2) is 0 Å². The number of benzene rings is 1. The highest BCUT2D eigenvalue weighted by Gasteiger charge is 2.81. The number of nitro groups is 2. The number of hydrogen-bond donors (Lipinski definition) is 0. The zero-order valence-corrected chi connectivity index (χ0v) is 14.6. The van der Waals surface area contributed by atoms with Gasteiger partial charge in [-0.3, -0.25) is 30.0 Å². The van der Waals surface area contributed by atoms with Gasteiger partial charge in [-0.15, -0.1) is 0 Å². The second-order valence-electron chi connectivity index (χ2n) is 8.30. The number of piperidine rings is 2. The quantitative estimate of drug-likeness (QED) is 0.611. The van der Waals surface area contributed by atoms with Crippen molar-refractivity contribution >= 4 is 0 Å². The van der Waals surface area contributed by atoms with Gasteiger partial charge in [0.2, 0.25) is 0 Å². The Balaban J connectivity index is 1.85. The molecule has 4 fully saturated rings. The molecule has 0 spiro atoms. The molecule has 4 saturated heterocycles. The van der Waals surface area contributed by atoms with Crippen molar-refractivity contribution in [2.45, 2.75) is 38.0 Å². The fourth-order valence-electron chi connectivity index (χ4n) is 5.30. The van der Waals surface area contributed by atoms with E-state index < -0.39 is 16.5 Å². The monoisotopic (exact) mass is 346 g/mol. The molecule has 4 aliphatic heterocycles. The van der Waals surface area contributed by atoms with Crippen LogP contribution in [-0.2, 0) is 0 Å². The van der Waals surface area contributed by atoms with Crippen molar-refractivity contribution in [3.63, 3.8) is 0 Å². The van der Waals surface area contributed by atoms with Crippen LogP contribution >= 0.6 is 0 Å². The summed E-state index contributed by atoms with van der Waals surface area (Å²) in [5.41, 5.74) is -1.50. The van der Waals surface area contributed by atoms with E-state index in [4.69, 9.17) is 0 Å². The summed E-state index contributed by atoms with van der Waals surface area (Å²) >= 11 is 0. The Labute approximate surface area is 145 Å². The summed E-state index contributed by atoms with van der Waals surface area (Å²) < 4.78 is 0. The van der Waals surface area contributed by atoms with Crippen LogP contribution in [0.1, 0.15) is 31.1 Å². The molecule has 0 aromatic heterocycles. The molecular formula is C17H22N4O4. The van der Waals surface area contributed by atoms with E-state index in [0.29, 0.717) is 0 Å². The lowest BCUT2D eigenvalue weighted by Crippen LogP contribution is -2.88. The minimum Gasteiger partial charge on any atom is -0.270 e. The van der Waals surface area contributed by atoms with Crippen molar-refractivity contribution in [1.82, 2.24) is 9.80 Å². The van der Waals surface area contributed by atoms with Crippen molar-refractivity contribution < 1.29 is 9.85 Å². The summed E-state index contributed by atoms with van der Waals surface area (Å²) in [5.74, 6) is 0. The zero-order valence-electron chi connectivity index (χ0n) is 14.6. The van der Waals surface area contributed by atoms with Crippen molar-refractivity contribution in [2.24, 2.45) is 5.41 Å². The summed E-state index contributed by atoms with van der Waals surface area (Å²) in [6, 6.07) is 8.04. The lowest BCUT2D eigenvalue weighted by atomic mass is 9.53. The minimum atomic E-state index is -1.32. The van der Waals surface area contributed by atoms with Crippen LogP contribution in [0.25, 0.3) is 0 Å². The van der Waals surface area contributed by atoms with Gasteiger partial charge < -0.3 is 0 Å². The molecule has 0 saturated carbocycles. The molecule has 4 aliphatic rings. The third-order valence-electron chi connectivity index (χ3n) is 6.92. The highest BCUT2D eigenvalue weighted by Crippen LogP contribution is 2.58. The van der Waals surface area contributed by atoms with Gasteiger partial charge in [0.05, 0.1) is 32.3 Å². The van der Waals surface area contributed by atoms with E-state index in [-0.39, 0.29) is 42.2 Å². The molecule has 4 heterocycles. The molecule has 5 rings (SSSR count). The largest absolute Gasteiger partial charge is 0.270 e. The van der Waals surface area contributed by atoms with E-state index in [9.17, 15) is 20.2 Å². The van der Waals surface area contributed by atoms with Crippen molar-refractivity contribution in [3.05, 3.63) is 55.6 Å². The average Bonchev–Trinajstić information content (AvgIpc) is 2.50. The van der Waals surface area contributed by atoms with Crippen LogP contribution in [0.4, 0.5) is 0 Å². The number of rotatable bonds is 3. The first-order valence-corrected chi connectivity index (χ1v) is 8.48. The van der Waals surface area contributed by atoms with Crippen molar-refractivity contribution in [2.75, 3.05) is 26.2 Å². The molecule has 4 bridgehead atoms. The maximum absolute atomic E-state index is 12.1. The Kier molecular flexibility index (Phi) is 3.13. The SMILES string of the molecule is Cc1cccc(C2N3CC4([N+](=O)[O-])CN2CC([N+](=O)[O-])(C3)C4(C)C)c1. The maximum Gasteiger partial charge on any atom is 0.259 e. The maximum atomic E-state index is 12.1. The lowest BCUT2D eigenvalue weighted by Gasteiger charge is -2.66. The van der Waals surface area contributed by atoms with Crippen LogP contribution in [0.2, 0.25) is 0 Å². The molecule has 8 nitrogen and oxygen atoms in total. The highest BCUT2D eigenvalue weighted by atomic mass is 16.6. The van der Waals surface area contributed by atoms with Crippen LogP contribution in [0.3, 0.4) is 0 Å². The standard InChI is InChI=1S/C17H22N4O4/c1-12-5-4-6-13(7-12)14-18-8-16(20(22)23)9-19(14)11-17(10-18,21(24)25)15(16,2)3/h4-7,14H,8-11H2,1-3H3. The van der Waals surface area contributed by atoms with Gasteiger partial charge in [0.1, 0.15) is 5.41 Å². The molecule has 1 aromatic rings. The molecule has 25 heavy (non-hydrogen) atoms. The fourth-order valence-corrected chi connectivity index (χ4v) is 5.30. The summed E-state index contributed by atoms with van der Waals surface area (Å²) in [6.45, 7) is 6.41. The van der Waals surface area contributed by atoms with Gasteiger partial charge in [0.25, 0.3) is 11.1 Å². The molecule has 0 aliphatic carbocycles. The highest BCUT2D eigenvalue weighted by molar-refractivity contribution is 5.30. The van der Waals surface area contributed by atoms with E-state index in [2.05, 4.69) is 6.07 Å². The zero-order chi connectivity index (χ0) is 18.2. The fraction of sp³-hybridized carbons (Fsp3) is 0.647. The normalized spacial score (nSPS) is 40.8. The van der Waals surface area contributed by atoms with E-state index in [1.807, 2.05) is 34.9 Å². The van der Waals surface area contributed by atoms with E-state index in [1.165, 1.54) is 0 Å². The summed E-state index contributed by atoms with van der Waals surface area (Å²) in [5, 5.41) is 24.1. The van der Waals surface area contributed by atoms with E-state index in [1.54, 1.807) is 13.8 Å². The van der Waals surface area contributed by atoms with Crippen LogP contribution in [-0.4, -0.2) is 56.9 Å². The van der Waals surface area contributed by atoms with E-state index >= 15 is 0 Å². The molecular weight excluding hydrogens is 324 g/mol. The lowest BCUT2D eigenvalue weighted by molar-refractivity contribution is -0.679.